The highest BCUT2D eigenvalue weighted by molar-refractivity contribution is 8.78. The van der Waals surface area contributed by atoms with Crippen molar-refractivity contribution in [3.8, 4) is 0 Å². The number of carbonyl (C=O) groups is 2. The molecule has 0 saturated carbocycles. The number of aliphatic hydroxyl groups is 2. The van der Waals surface area contributed by atoms with Crippen LogP contribution in [0.4, 0.5) is 0 Å². The fraction of sp³-hybridized carbons (Fsp3) is 0.538. The highest BCUT2D eigenvalue weighted by Gasteiger charge is 2.73. The fourth-order valence-corrected chi connectivity index (χ4v) is 7.12. The molecule has 2 N–H and O–H groups in total. The number of likely N-dealkylation sites (N-methyl/N-ethyl adjacent to an activating group) is 1. The first kappa shape index (κ1) is 13.7. The zero-order valence-corrected chi connectivity index (χ0v) is 12.9. The van der Waals surface area contributed by atoms with Gasteiger partial charge < -0.3 is 20.0 Å². The Morgan fingerprint density at radius 1 is 1.38 bits per heavy atom. The number of hydrogen-bond donors (Lipinski definition) is 2. The Kier molecular flexibility index (Phi) is 2.65. The molecule has 1 spiro atoms. The molecule has 4 fully saturated rings. The van der Waals surface area contributed by atoms with Crippen molar-refractivity contribution in [1.29, 1.82) is 0 Å². The van der Waals surface area contributed by atoms with Crippen LogP contribution in [0.3, 0.4) is 0 Å². The van der Waals surface area contributed by atoms with E-state index in [4.69, 9.17) is 0 Å². The average Bonchev–Trinajstić information content (AvgIpc) is 2.83. The summed E-state index contributed by atoms with van der Waals surface area (Å²) >= 11 is 0. The number of allylic oxidation sites excluding steroid dienone is 2. The lowest BCUT2D eigenvalue weighted by Crippen LogP contribution is -2.77. The van der Waals surface area contributed by atoms with E-state index in [0.29, 0.717) is 6.42 Å². The summed E-state index contributed by atoms with van der Waals surface area (Å²) in [6.07, 6.45) is 4.87. The van der Waals surface area contributed by atoms with Crippen molar-refractivity contribution in [1.82, 2.24) is 9.80 Å². The molecule has 0 aromatic carbocycles. The Morgan fingerprint density at radius 3 is 2.86 bits per heavy atom. The van der Waals surface area contributed by atoms with Crippen LogP contribution in [-0.4, -0.2) is 67.4 Å². The van der Waals surface area contributed by atoms with Gasteiger partial charge in [-0.2, -0.15) is 0 Å². The van der Waals surface area contributed by atoms with Gasteiger partial charge in [0.15, 0.2) is 4.87 Å². The van der Waals surface area contributed by atoms with Crippen molar-refractivity contribution in [2.45, 2.75) is 28.3 Å². The number of carbonyl (C=O) groups excluding carboxylic acids is 2. The van der Waals surface area contributed by atoms with Gasteiger partial charge in [0.1, 0.15) is 0 Å². The molecule has 1 aliphatic carbocycles. The third kappa shape index (κ3) is 1.35. The SMILES string of the molecule is CN1C(=O)[C@]23CC4=CC=C[C@@H](O)[C@H]4N2C(=O)[C@]1(CO)SS3. The van der Waals surface area contributed by atoms with Crippen LogP contribution in [0.1, 0.15) is 6.42 Å². The molecule has 0 aromatic heterocycles. The first-order chi connectivity index (χ1) is 9.98. The van der Waals surface area contributed by atoms with Crippen molar-refractivity contribution in [3.05, 3.63) is 23.8 Å². The number of nitrogens with zero attached hydrogens (tertiary/aromatic N) is 2. The number of rotatable bonds is 1. The molecule has 4 heterocycles. The van der Waals surface area contributed by atoms with Crippen molar-refractivity contribution >= 4 is 33.4 Å². The van der Waals surface area contributed by atoms with Gasteiger partial charge in [0.25, 0.3) is 11.8 Å². The fourth-order valence-electron chi connectivity index (χ4n) is 3.55. The molecular weight excluding hydrogens is 312 g/mol. The molecule has 4 saturated heterocycles. The summed E-state index contributed by atoms with van der Waals surface area (Å²) < 4.78 is 0. The van der Waals surface area contributed by atoms with E-state index < -0.39 is 28.5 Å². The number of fused-ring (bicyclic) bond motifs is 3. The van der Waals surface area contributed by atoms with Crippen LogP contribution in [0.15, 0.2) is 23.8 Å². The highest BCUT2D eigenvalue weighted by atomic mass is 33.1. The van der Waals surface area contributed by atoms with E-state index in [9.17, 15) is 19.8 Å². The second kappa shape index (κ2) is 4.07. The molecule has 4 atom stereocenters. The van der Waals surface area contributed by atoms with Gasteiger partial charge in [-0.3, -0.25) is 9.59 Å². The molecule has 21 heavy (non-hydrogen) atoms. The van der Waals surface area contributed by atoms with Gasteiger partial charge in [-0.15, -0.1) is 0 Å². The Morgan fingerprint density at radius 2 is 2.14 bits per heavy atom. The predicted octanol–water partition coefficient (Wildman–Crippen LogP) is -0.304. The maximum atomic E-state index is 12.9. The molecule has 112 valence electrons. The van der Waals surface area contributed by atoms with E-state index in [2.05, 4.69) is 0 Å². The summed E-state index contributed by atoms with van der Waals surface area (Å²) in [4.78, 5) is 26.4. The van der Waals surface area contributed by atoms with E-state index in [0.717, 1.165) is 5.57 Å². The molecule has 0 unspecified atom stereocenters. The number of piperazine rings is 1. The van der Waals surface area contributed by atoms with E-state index in [1.165, 1.54) is 31.4 Å². The summed E-state index contributed by atoms with van der Waals surface area (Å²) in [7, 11) is 4.14. The Hall–Kier alpha value is -0.960. The largest absolute Gasteiger partial charge is 0.392 e. The Labute approximate surface area is 129 Å². The van der Waals surface area contributed by atoms with Crippen LogP contribution < -0.4 is 0 Å². The zero-order chi connectivity index (χ0) is 15.0. The van der Waals surface area contributed by atoms with Gasteiger partial charge in [-0.05, 0) is 16.4 Å². The van der Waals surface area contributed by atoms with E-state index in [1.807, 2.05) is 6.08 Å². The summed E-state index contributed by atoms with van der Waals surface area (Å²) in [5, 5.41) is 20.0. The van der Waals surface area contributed by atoms with E-state index in [-0.39, 0.29) is 11.8 Å². The number of amides is 2. The first-order valence-electron chi connectivity index (χ1n) is 6.63. The van der Waals surface area contributed by atoms with Crippen LogP contribution in [0.2, 0.25) is 0 Å². The quantitative estimate of drug-likeness (QED) is 0.644. The molecule has 5 aliphatic rings. The molecular formula is C13H14N2O4S2. The van der Waals surface area contributed by atoms with Crippen LogP contribution in [0.5, 0.6) is 0 Å². The van der Waals surface area contributed by atoms with Crippen molar-refractivity contribution in [3.63, 3.8) is 0 Å². The van der Waals surface area contributed by atoms with Crippen molar-refractivity contribution < 1.29 is 19.8 Å². The minimum Gasteiger partial charge on any atom is -0.392 e. The van der Waals surface area contributed by atoms with E-state index in [1.54, 1.807) is 19.2 Å². The van der Waals surface area contributed by atoms with Crippen LogP contribution >= 0.6 is 21.6 Å². The second-order valence-corrected chi connectivity index (χ2v) is 8.36. The molecule has 0 radical (unpaired) electrons. The smallest absolute Gasteiger partial charge is 0.264 e. The molecule has 6 nitrogen and oxygen atoms in total. The summed E-state index contributed by atoms with van der Waals surface area (Å²) in [6, 6.07) is -0.500. The topological polar surface area (TPSA) is 81.1 Å². The third-order valence-corrected chi connectivity index (χ3v) is 8.33. The maximum absolute atomic E-state index is 12.9. The minimum absolute atomic E-state index is 0.178. The lowest BCUT2D eigenvalue weighted by molar-refractivity contribution is -0.168. The average molecular weight is 326 g/mol. The van der Waals surface area contributed by atoms with Gasteiger partial charge in [0.05, 0.1) is 18.8 Å². The lowest BCUT2D eigenvalue weighted by atomic mass is 9.97. The lowest BCUT2D eigenvalue weighted by Gasteiger charge is -2.58. The van der Waals surface area contributed by atoms with Crippen LogP contribution in [-0.2, 0) is 9.59 Å². The van der Waals surface area contributed by atoms with Gasteiger partial charge in [0, 0.05) is 13.5 Å². The van der Waals surface area contributed by atoms with Gasteiger partial charge >= 0.3 is 0 Å². The second-order valence-electron chi connectivity index (χ2n) is 5.67. The van der Waals surface area contributed by atoms with Gasteiger partial charge in [-0.25, -0.2) is 0 Å². The molecule has 8 heteroatoms. The zero-order valence-electron chi connectivity index (χ0n) is 11.2. The van der Waals surface area contributed by atoms with E-state index >= 15 is 0 Å². The van der Waals surface area contributed by atoms with Gasteiger partial charge in [0.2, 0.25) is 4.87 Å². The molecule has 5 rings (SSSR count). The highest BCUT2D eigenvalue weighted by Crippen LogP contribution is 2.64. The third-order valence-electron chi connectivity index (χ3n) is 4.70. The summed E-state index contributed by atoms with van der Waals surface area (Å²) in [5.74, 6) is -0.471. The molecule has 4 aliphatic heterocycles. The summed E-state index contributed by atoms with van der Waals surface area (Å²) in [6.45, 7) is -0.435. The Balaban J connectivity index is 1.90. The molecule has 0 aromatic rings. The normalized spacial score (nSPS) is 44.0. The van der Waals surface area contributed by atoms with Crippen LogP contribution in [0.25, 0.3) is 0 Å². The predicted molar refractivity (Wildman–Crippen MR) is 79.0 cm³/mol. The number of hydrogen-bond acceptors (Lipinski definition) is 6. The number of aliphatic hydroxyl groups excluding tert-OH is 2. The minimum atomic E-state index is -1.28. The Bertz CT molecular complexity index is 621. The van der Waals surface area contributed by atoms with Gasteiger partial charge in [-0.1, -0.05) is 29.0 Å². The standard InChI is InChI=1S/C13H14N2O4S2/c1-14-10(18)12-5-7-3-2-4-8(17)9(7)15(12)11(19)13(14,6-16)21-20-12/h2-4,8-9,16-17H,5-6H2,1H3/t8-,9+,12-,13+/m1/s1. The van der Waals surface area contributed by atoms with Crippen molar-refractivity contribution in [2.75, 3.05) is 13.7 Å². The van der Waals surface area contributed by atoms with Crippen LogP contribution in [0, 0.1) is 0 Å². The maximum Gasteiger partial charge on any atom is 0.264 e. The molecule has 2 amide bonds. The summed E-state index contributed by atoms with van der Waals surface area (Å²) in [5.41, 5.74) is 0.892. The van der Waals surface area contributed by atoms with Crippen molar-refractivity contribution in [2.24, 2.45) is 0 Å². The first-order valence-corrected chi connectivity index (χ1v) is 8.78. The monoisotopic (exact) mass is 326 g/mol. The molecule has 2 bridgehead atoms.